The Morgan fingerprint density at radius 3 is 2.11 bits per heavy atom. The Hall–Kier alpha value is -3.67. The summed E-state index contributed by atoms with van der Waals surface area (Å²) in [6.07, 6.45) is 0.182. The molecule has 0 aliphatic rings. The third kappa shape index (κ3) is 5.67. The number of carbonyl (C=O) groups is 1. The van der Waals surface area contributed by atoms with Crippen LogP contribution in [0.2, 0.25) is 0 Å². The molecule has 6 heteroatoms. The first-order valence-electron chi connectivity index (χ1n) is 8.86. The minimum atomic E-state index is -0.460. The van der Waals surface area contributed by atoms with Gasteiger partial charge in [0.25, 0.3) is 5.69 Å². The first-order valence-corrected chi connectivity index (χ1v) is 8.86. The highest BCUT2D eigenvalue weighted by Gasteiger charge is 2.07. The van der Waals surface area contributed by atoms with E-state index in [1.54, 1.807) is 12.1 Å². The largest absolute Gasteiger partial charge is 0.489 e. The molecular formula is C22H20N2O4. The number of hydrogen-bond acceptors (Lipinski definition) is 4. The van der Waals surface area contributed by atoms with Crippen molar-refractivity contribution in [2.24, 2.45) is 0 Å². The van der Waals surface area contributed by atoms with Gasteiger partial charge in [-0.1, -0.05) is 54.6 Å². The van der Waals surface area contributed by atoms with Crippen LogP contribution >= 0.6 is 0 Å². The molecule has 142 valence electrons. The maximum atomic E-state index is 12.1. The molecule has 6 nitrogen and oxygen atoms in total. The van der Waals surface area contributed by atoms with E-state index >= 15 is 0 Å². The number of benzene rings is 3. The van der Waals surface area contributed by atoms with Crippen molar-refractivity contribution in [3.63, 3.8) is 0 Å². The highest BCUT2D eigenvalue weighted by Crippen LogP contribution is 2.13. The van der Waals surface area contributed by atoms with Crippen molar-refractivity contribution in [2.45, 2.75) is 19.6 Å². The van der Waals surface area contributed by atoms with E-state index in [1.165, 1.54) is 12.1 Å². The first-order chi connectivity index (χ1) is 13.6. The fraction of sp³-hybridized carbons (Fsp3) is 0.136. The van der Waals surface area contributed by atoms with E-state index in [4.69, 9.17) is 4.74 Å². The summed E-state index contributed by atoms with van der Waals surface area (Å²) in [4.78, 5) is 22.3. The summed E-state index contributed by atoms with van der Waals surface area (Å²) in [7, 11) is 0. The topological polar surface area (TPSA) is 81.5 Å². The van der Waals surface area contributed by atoms with Crippen molar-refractivity contribution < 1.29 is 14.5 Å². The monoisotopic (exact) mass is 376 g/mol. The van der Waals surface area contributed by atoms with Crippen LogP contribution in [-0.4, -0.2) is 10.8 Å². The van der Waals surface area contributed by atoms with Crippen LogP contribution < -0.4 is 10.1 Å². The van der Waals surface area contributed by atoms with Crippen molar-refractivity contribution in [2.75, 3.05) is 0 Å². The smallest absolute Gasteiger partial charge is 0.269 e. The van der Waals surface area contributed by atoms with Crippen molar-refractivity contribution in [1.29, 1.82) is 0 Å². The molecule has 0 atom stereocenters. The number of hydrogen-bond donors (Lipinski definition) is 1. The molecule has 1 N–H and O–H groups in total. The molecule has 0 saturated heterocycles. The predicted octanol–water partition coefficient (Wildman–Crippen LogP) is 4.03. The van der Waals surface area contributed by atoms with Crippen LogP contribution in [0.4, 0.5) is 5.69 Å². The zero-order valence-corrected chi connectivity index (χ0v) is 15.2. The summed E-state index contributed by atoms with van der Waals surface area (Å²) in [6, 6.07) is 23.5. The fourth-order valence-corrected chi connectivity index (χ4v) is 2.62. The molecule has 0 bridgehead atoms. The Morgan fingerprint density at radius 1 is 0.857 bits per heavy atom. The molecule has 0 aliphatic heterocycles. The second-order valence-corrected chi connectivity index (χ2v) is 6.30. The van der Waals surface area contributed by atoms with Gasteiger partial charge in [-0.3, -0.25) is 14.9 Å². The zero-order chi connectivity index (χ0) is 19.8. The predicted molar refractivity (Wildman–Crippen MR) is 106 cm³/mol. The number of nitrogens with one attached hydrogen (secondary N) is 1. The Bertz CT molecular complexity index is 923. The lowest BCUT2D eigenvalue weighted by molar-refractivity contribution is -0.384. The number of carbonyl (C=O) groups excluding carboxylic acids is 1. The summed E-state index contributed by atoms with van der Waals surface area (Å²) in [6.45, 7) is 0.905. The summed E-state index contributed by atoms with van der Waals surface area (Å²) < 4.78 is 5.71. The molecule has 0 saturated carbocycles. The van der Waals surface area contributed by atoms with Gasteiger partial charge in [-0.25, -0.2) is 0 Å². The van der Waals surface area contributed by atoms with Gasteiger partial charge in [-0.15, -0.1) is 0 Å². The number of rotatable bonds is 8. The van der Waals surface area contributed by atoms with Crippen LogP contribution in [0.1, 0.15) is 16.7 Å². The molecule has 3 rings (SSSR count). The molecule has 1 amide bonds. The van der Waals surface area contributed by atoms with Gasteiger partial charge >= 0.3 is 0 Å². The molecule has 0 fully saturated rings. The number of amides is 1. The molecule has 0 heterocycles. The van der Waals surface area contributed by atoms with Crippen LogP contribution in [-0.2, 0) is 24.4 Å². The van der Waals surface area contributed by atoms with Crippen LogP contribution in [0.25, 0.3) is 0 Å². The van der Waals surface area contributed by atoms with E-state index in [9.17, 15) is 14.9 Å². The second-order valence-electron chi connectivity index (χ2n) is 6.30. The SMILES string of the molecule is O=C(Cc1ccc([N+](=O)[O-])cc1)NCc1ccc(COc2ccccc2)cc1. The average Bonchev–Trinajstić information content (AvgIpc) is 2.72. The van der Waals surface area contributed by atoms with Gasteiger partial charge in [0.2, 0.25) is 5.91 Å². The molecule has 0 aliphatic carbocycles. The van der Waals surface area contributed by atoms with E-state index < -0.39 is 4.92 Å². The first kappa shape index (κ1) is 19.1. The van der Waals surface area contributed by atoms with Crippen LogP contribution in [0, 0.1) is 10.1 Å². The minimum absolute atomic E-state index is 0.0143. The van der Waals surface area contributed by atoms with Crippen molar-refractivity contribution in [1.82, 2.24) is 5.32 Å². The lowest BCUT2D eigenvalue weighted by atomic mass is 10.1. The molecule has 0 radical (unpaired) electrons. The second kappa shape index (κ2) is 9.32. The molecular weight excluding hydrogens is 356 g/mol. The average molecular weight is 376 g/mol. The number of nitro benzene ring substituents is 1. The summed E-state index contributed by atoms with van der Waals surface area (Å²) in [5, 5.41) is 13.5. The minimum Gasteiger partial charge on any atom is -0.489 e. The van der Waals surface area contributed by atoms with E-state index in [-0.39, 0.29) is 18.0 Å². The van der Waals surface area contributed by atoms with Gasteiger partial charge < -0.3 is 10.1 Å². The lowest BCUT2D eigenvalue weighted by Gasteiger charge is -2.08. The van der Waals surface area contributed by atoms with Crippen molar-refractivity contribution in [3.05, 3.63) is 106 Å². The molecule has 28 heavy (non-hydrogen) atoms. The number of para-hydroxylation sites is 1. The molecule has 3 aromatic rings. The van der Waals surface area contributed by atoms with Gasteiger partial charge in [0.1, 0.15) is 12.4 Å². The molecule has 3 aromatic carbocycles. The standard InChI is InChI=1S/C22H20N2O4/c25-22(14-17-10-12-20(13-11-17)24(26)27)23-15-18-6-8-19(9-7-18)16-28-21-4-2-1-3-5-21/h1-13H,14-16H2,(H,23,25). The Balaban J connectivity index is 1.45. The number of ether oxygens (including phenoxy) is 1. The maximum absolute atomic E-state index is 12.1. The molecule has 0 spiro atoms. The van der Waals surface area contributed by atoms with Crippen LogP contribution in [0.5, 0.6) is 5.75 Å². The molecule has 0 unspecified atom stereocenters. The van der Waals surface area contributed by atoms with E-state index in [0.29, 0.717) is 13.2 Å². The number of nitro groups is 1. The maximum Gasteiger partial charge on any atom is 0.269 e. The van der Waals surface area contributed by atoms with Crippen molar-refractivity contribution in [3.8, 4) is 5.75 Å². The normalized spacial score (nSPS) is 10.3. The summed E-state index contributed by atoms with van der Waals surface area (Å²) in [5.74, 6) is 0.690. The molecule has 0 aromatic heterocycles. The van der Waals surface area contributed by atoms with Crippen LogP contribution in [0.15, 0.2) is 78.9 Å². The van der Waals surface area contributed by atoms with Gasteiger partial charge in [0.05, 0.1) is 11.3 Å². The van der Waals surface area contributed by atoms with Gasteiger partial charge in [-0.2, -0.15) is 0 Å². The van der Waals surface area contributed by atoms with E-state index in [0.717, 1.165) is 22.4 Å². The fourth-order valence-electron chi connectivity index (χ4n) is 2.62. The Morgan fingerprint density at radius 2 is 1.46 bits per heavy atom. The zero-order valence-electron chi connectivity index (χ0n) is 15.2. The van der Waals surface area contributed by atoms with Gasteiger partial charge in [0, 0.05) is 18.7 Å². The van der Waals surface area contributed by atoms with Gasteiger partial charge in [-0.05, 0) is 28.8 Å². The number of non-ortho nitro benzene ring substituents is 1. The lowest BCUT2D eigenvalue weighted by Crippen LogP contribution is -2.24. The highest BCUT2D eigenvalue weighted by atomic mass is 16.6. The van der Waals surface area contributed by atoms with E-state index in [1.807, 2.05) is 54.6 Å². The van der Waals surface area contributed by atoms with Crippen LogP contribution in [0.3, 0.4) is 0 Å². The van der Waals surface area contributed by atoms with Gasteiger partial charge in [0.15, 0.2) is 0 Å². The quantitative estimate of drug-likeness (QED) is 0.475. The van der Waals surface area contributed by atoms with Crippen molar-refractivity contribution >= 4 is 11.6 Å². The summed E-state index contributed by atoms with van der Waals surface area (Å²) >= 11 is 0. The Kier molecular flexibility index (Phi) is 6.36. The third-order valence-corrected chi connectivity index (χ3v) is 4.17. The number of nitrogens with zero attached hydrogens (tertiary/aromatic N) is 1. The Labute approximate surface area is 162 Å². The third-order valence-electron chi connectivity index (χ3n) is 4.17. The highest BCUT2D eigenvalue weighted by molar-refractivity contribution is 5.78. The van der Waals surface area contributed by atoms with E-state index in [2.05, 4.69) is 5.32 Å². The summed E-state index contributed by atoms with van der Waals surface area (Å²) in [5.41, 5.74) is 2.78.